The van der Waals surface area contributed by atoms with Crippen molar-refractivity contribution in [2.45, 2.75) is 6.54 Å². The monoisotopic (exact) mass is 246 g/mol. The van der Waals surface area contributed by atoms with Gasteiger partial charge in [-0.15, -0.1) is 0 Å². The number of anilines is 1. The number of nitrogen functional groups attached to an aromatic ring is 1. The standard InChI is InChI=1S/C10H15FN2O2S/c1-16(14,15)5-4-13-7-8-6-9(12)2-3-10(8)11/h2-3,6,13H,4-5,7,12H2,1H3. The number of nitrogens with one attached hydrogen (secondary N) is 1. The first-order valence-electron chi connectivity index (χ1n) is 4.81. The summed E-state index contributed by atoms with van der Waals surface area (Å²) in [7, 11) is -2.98. The van der Waals surface area contributed by atoms with Crippen LogP contribution in [0.25, 0.3) is 0 Å². The number of nitrogens with two attached hydrogens (primary N) is 1. The van der Waals surface area contributed by atoms with Crippen molar-refractivity contribution < 1.29 is 12.8 Å². The van der Waals surface area contributed by atoms with Gasteiger partial charge < -0.3 is 11.1 Å². The molecule has 0 unspecified atom stereocenters. The fraction of sp³-hybridized carbons (Fsp3) is 0.400. The number of hydrogen-bond acceptors (Lipinski definition) is 4. The molecule has 1 rings (SSSR count). The summed E-state index contributed by atoms with van der Waals surface area (Å²) in [5, 5.41) is 2.85. The molecule has 3 N–H and O–H groups in total. The lowest BCUT2D eigenvalue weighted by Gasteiger charge is -2.06. The van der Waals surface area contributed by atoms with Gasteiger partial charge >= 0.3 is 0 Å². The van der Waals surface area contributed by atoms with Crippen LogP contribution in [0.4, 0.5) is 10.1 Å². The Morgan fingerprint density at radius 3 is 2.75 bits per heavy atom. The Kier molecular flexibility index (Phi) is 4.26. The van der Waals surface area contributed by atoms with Crippen molar-refractivity contribution in [2.75, 3.05) is 24.3 Å². The molecule has 0 bridgehead atoms. The molecule has 0 saturated carbocycles. The van der Waals surface area contributed by atoms with Crippen LogP contribution in [0, 0.1) is 5.82 Å². The third kappa shape index (κ3) is 4.59. The highest BCUT2D eigenvalue weighted by atomic mass is 32.2. The average Bonchev–Trinajstić information content (AvgIpc) is 2.16. The van der Waals surface area contributed by atoms with Crippen LogP contribution in [0.2, 0.25) is 0 Å². The fourth-order valence-corrected chi connectivity index (χ4v) is 1.73. The Morgan fingerprint density at radius 1 is 1.44 bits per heavy atom. The van der Waals surface area contributed by atoms with E-state index in [0.29, 0.717) is 17.8 Å². The molecule has 0 spiro atoms. The zero-order valence-electron chi connectivity index (χ0n) is 9.03. The molecule has 16 heavy (non-hydrogen) atoms. The van der Waals surface area contributed by atoms with E-state index < -0.39 is 9.84 Å². The average molecular weight is 246 g/mol. The van der Waals surface area contributed by atoms with Gasteiger partial charge in [-0.05, 0) is 18.2 Å². The van der Waals surface area contributed by atoms with Gasteiger partial charge in [0.1, 0.15) is 15.7 Å². The number of sulfone groups is 1. The molecule has 0 radical (unpaired) electrons. The van der Waals surface area contributed by atoms with E-state index in [2.05, 4.69) is 5.32 Å². The molecule has 0 aliphatic heterocycles. The molecule has 1 aromatic carbocycles. The molecule has 0 atom stereocenters. The highest BCUT2D eigenvalue weighted by molar-refractivity contribution is 7.90. The van der Waals surface area contributed by atoms with E-state index in [9.17, 15) is 12.8 Å². The zero-order chi connectivity index (χ0) is 12.2. The third-order valence-corrected chi connectivity index (χ3v) is 2.98. The van der Waals surface area contributed by atoms with Crippen LogP contribution in [-0.2, 0) is 16.4 Å². The lowest BCUT2D eigenvalue weighted by atomic mass is 10.2. The Morgan fingerprint density at radius 2 is 2.12 bits per heavy atom. The Balaban J connectivity index is 2.46. The highest BCUT2D eigenvalue weighted by Gasteiger charge is 2.04. The van der Waals surface area contributed by atoms with Gasteiger partial charge in [-0.1, -0.05) is 0 Å². The molecule has 0 amide bonds. The molecule has 0 fully saturated rings. The van der Waals surface area contributed by atoms with E-state index in [1.165, 1.54) is 18.2 Å². The zero-order valence-corrected chi connectivity index (χ0v) is 9.85. The van der Waals surface area contributed by atoms with Crippen molar-refractivity contribution in [2.24, 2.45) is 0 Å². The minimum atomic E-state index is -2.98. The van der Waals surface area contributed by atoms with Gasteiger partial charge in [-0.25, -0.2) is 12.8 Å². The molecule has 0 heterocycles. The largest absolute Gasteiger partial charge is 0.399 e. The van der Waals surface area contributed by atoms with E-state index in [1.807, 2.05) is 0 Å². The fourth-order valence-electron chi connectivity index (χ4n) is 1.21. The smallest absolute Gasteiger partial charge is 0.148 e. The van der Waals surface area contributed by atoms with Crippen LogP contribution in [0.1, 0.15) is 5.56 Å². The topological polar surface area (TPSA) is 72.2 Å². The van der Waals surface area contributed by atoms with Crippen molar-refractivity contribution >= 4 is 15.5 Å². The minimum absolute atomic E-state index is 0.0386. The van der Waals surface area contributed by atoms with Crippen molar-refractivity contribution in [3.63, 3.8) is 0 Å². The maximum Gasteiger partial charge on any atom is 0.148 e. The molecule has 0 saturated heterocycles. The maximum absolute atomic E-state index is 13.2. The molecule has 0 aromatic heterocycles. The number of rotatable bonds is 5. The van der Waals surface area contributed by atoms with Gasteiger partial charge in [0.2, 0.25) is 0 Å². The summed E-state index contributed by atoms with van der Waals surface area (Å²) in [6, 6.07) is 4.31. The predicted octanol–water partition coefficient (Wildman–Crippen LogP) is 0.542. The quantitative estimate of drug-likeness (QED) is 0.587. The van der Waals surface area contributed by atoms with Crippen LogP contribution in [0.5, 0.6) is 0 Å². The summed E-state index contributed by atoms with van der Waals surface area (Å²) in [6.07, 6.45) is 1.16. The molecular formula is C10H15FN2O2S. The second-order valence-electron chi connectivity index (χ2n) is 3.66. The lowest BCUT2D eigenvalue weighted by Crippen LogP contribution is -2.22. The second-order valence-corrected chi connectivity index (χ2v) is 5.92. The van der Waals surface area contributed by atoms with Crippen molar-refractivity contribution in [1.82, 2.24) is 5.32 Å². The molecular weight excluding hydrogens is 231 g/mol. The maximum atomic E-state index is 13.2. The number of hydrogen-bond donors (Lipinski definition) is 2. The van der Waals surface area contributed by atoms with Crippen LogP contribution >= 0.6 is 0 Å². The summed E-state index contributed by atoms with van der Waals surface area (Å²) in [5.74, 6) is -0.308. The molecule has 1 aromatic rings. The molecule has 90 valence electrons. The van der Waals surface area contributed by atoms with Crippen molar-refractivity contribution in [3.8, 4) is 0 Å². The summed E-state index contributed by atoms with van der Waals surface area (Å²) < 4.78 is 34.9. The normalized spacial score (nSPS) is 11.6. The van der Waals surface area contributed by atoms with Crippen molar-refractivity contribution in [3.05, 3.63) is 29.6 Å². The molecule has 6 heteroatoms. The summed E-state index contributed by atoms with van der Waals surface area (Å²) in [5.41, 5.74) is 6.44. The van der Waals surface area contributed by atoms with E-state index in [4.69, 9.17) is 5.73 Å². The van der Waals surface area contributed by atoms with Crippen LogP contribution in [0.3, 0.4) is 0 Å². The minimum Gasteiger partial charge on any atom is -0.399 e. The van der Waals surface area contributed by atoms with Gasteiger partial charge in [0.05, 0.1) is 5.75 Å². The number of benzene rings is 1. The van der Waals surface area contributed by atoms with Gasteiger partial charge in [0.25, 0.3) is 0 Å². The van der Waals surface area contributed by atoms with E-state index in [0.717, 1.165) is 6.26 Å². The van der Waals surface area contributed by atoms with Gasteiger partial charge in [0, 0.05) is 30.6 Å². The second kappa shape index (κ2) is 5.27. The van der Waals surface area contributed by atoms with Gasteiger partial charge in [-0.3, -0.25) is 0 Å². The first kappa shape index (κ1) is 12.9. The SMILES string of the molecule is CS(=O)(=O)CCNCc1cc(N)ccc1F. The highest BCUT2D eigenvalue weighted by Crippen LogP contribution is 2.11. The van der Waals surface area contributed by atoms with Crippen LogP contribution in [0.15, 0.2) is 18.2 Å². The Hall–Kier alpha value is -1.14. The van der Waals surface area contributed by atoms with E-state index >= 15 is 0 Å². The molecule has 0 aliphatic carbocycles. The van der Waals surface area contributed by atoms with E-state index in [1.54, 1.807) is 0 Å². The number of halogens is 1. The Bertz CT molecular complexity index is 460. The van der Waals surface area contributed by atoms with Crippen LogP contribution < -0.4 is 11.1 Å². The Labute approximate surface area is 94.6 Å². The van der Waals surface area contributed by atoms with Crippen molar-refractivity contribution in [1.29, 1.82) is 0 Å². The van der Waals surface area contributed by atoms with Gasteiger partial charge in [0.15, 0.2) is 0 Å². The predicted molar refractivity (Wildman–Crippen MR) is 62.2 cm³/mol. The molecule has 0 aliphatic rings. The third-order valence-electron chi connectivity index (χ3n) is 2.03. The lowest BCUT2D eigenvalue weighted by molar-refractivity contribution is 0.585. The summed E-state index contributed by atoms with van der Waals surface area (Å²) >= 11 is 0. The first-order chi connectivity index (χ1) is 7.38. The van der Waals surface area contributed by atoms with Gasteiger partial charge in [-0.2, -0.15) is 0 Å². The van der Waals surface area contributed by atoms with E-state index in [-0.39, 0.29) is 18.1 Å². The first-order valence-corrected chi connectivity index (χ1v) is 6.87. The summed E-state index contributed by atoms with van der Waals surface area (Å²) in [4.78, 5) is 0. The molecule has 4 nitrogen and oxygen atoms in total. The summed E-state index contributed by atoms with van der Waals surface area (Å²) in [6.45, 7) is 0.569. The van der Waals surface area contributed by atoms with Crippen LogP contribution in [-0.4, -0.2) is 27.0 Å².